The molecule has 1 atom stereocenters. The summed E-state index contributed by atoms with van der Waals surface area (Å²) in [5.74, 6) is 0.458. The number of para-hydroxylation sites is 1. The van der Waals surface area contributed by atoms with Gasteiger partial charge in [0.05, 0.1) is 13.7 Å². The average Bonchev–Trinajstić information content (AvgIpc) is 3.00. The molecule has 0 heterocycles. The zero-order valence-electron chi connectivity index (χ0n) is 13.1. The summed E-state index contributed by atoms with van der Waals surface area (Å²) in [5, 5.41) is 3.51. The molecule has 1 aromatic carbocycles. The molecule has 2 rings (SSSR count). The topological polar surface area (TPSA) is 47.6 Å². The van der Waals surface area contributed by atoms with Gasteiger partial charge in [-0.25, -0.2) is 4.79 Å². The molecule has 0 aliphatic heterocycles. The molecule has 4 nitrogen and oxygen atoms in total. The summed E-state index contributed by atoms with van der Waals surface area (Å²) in [6.07, 6.45) is 4.62. The van der Waals surface area contributed by atoms with Gasteiger partial charge in [0, 0.05) is 11.6 Å². The second-order valence-corrected chi connectivity index (χ2v) is 5.67. The van der Waals surface area contributed by atoms with Crippen molar-refractivity contribution in [1.29, 1.82) is 0 Å². The fourth-order valence-corrected chi connectivity index (χ4v) is 3.06. The molecule has 1 aliphatic rings. The predicted molar refractivity (Wildman–Crippen MR) is 82.4 cm³/mol. The number of ether oxygens (including phenoxy) is 2. The van der Waals surface area contributed by atoms with E-state index in [-0.39, 0.29) is 5.97 Å². The summed E-state index contributed by atoms with van der Waals surface area (Å²) < 4.78 is 10.8. The maximum Gasteiger partial charge on any atom is 0.330 e. The van der Waals surface area contributed by atoms with Crippen LogP contribution in [0.25, 0.3) is 0 Å². The number of methoxy groups -OCH3 is 1. The molecule has 1 aliphatic carbocycles. The highest BCUT2D eigenvalue weighted by atomic mass is 16.5. The number of nitrogens with one attached hydrogen (secondary N) is 1. The lowest BCUT2D eigenvalue weighted by Crippen LogP contribution is -2.51. The molecule has 1 N–H and O–H groups in total. The van der Waals surface area contributed by atoms with Crippen LogP contribution in [0.5, 0.6) is 5.75 Å². The van der Waals surface area contributed by atoms with Gasteiger partial charge in [0.15, 0.2) is 0 Å². The number of carbonyl (C=O) groups is 1. The van der Waals surface area contributed by atoms with Crippen LogP contribution in [0, 0.1) is 0 Å². The first-order valence-electron chi connectivity index (χ1n) is 7.70. The fraction of sp³-hybridized carbons (Fsp3) is 0.588. The molecule has 0 aromatic heterocycles. The maximum atomic E-state index is 12.6. The minimum atomic E-state index is -0.877. The van der Waals surface area contributed by atoms with Gasteiger partial charge in [0.1, 0.15) is 11.3 Å². The Bertz CT molecular complexity index is 483. The van der Waals surface area contributed by atoms with Gasteiger partial charge in [0.2, 0.25) is 0 Å². The standard InChI is InChI=1S/C17H25NO3/c1-4-21-16(19)17(2,18-13-9-5-6-10-13)14-11-7-8-12-15(14)20-3/h7-8,11-13,18H,4-6,9-10H2,1-3H3. The summed E-state index contributed by atoms with van der Waals surface area (Å²) >= 11 is 0. The van der Waals surface area contributed by atoms with E-state index in [0.717, 1.165) is 18.4 Å². The second kappa shape index (κ2) is 6.94. The van der Waals surface area contributed by atoms with Gasteiger partial charge in [0.25, 0.3) is 0 Å². The first kappa shape index (κ1) is 15.8. The number of benzene rings is 1. The Hall–Kier alpha value is -1.55. The Balaban J connectivity index is 2.36. The number of rotatable bonds is 6. The summed E-state index contributed by atoms with van der Waals surface area (Å²) in [4.78, 5) is 12.6. The van der Waals surface area contributed by atoms with Gasteiger partial charge in [-0.1, -0.05) is 31.0 Å². The van der Waals surface area contributed by atoms with E-state index < -0.39 is 5.54 Å². The molecule has 4 heteroatoms. The second-order valence-electron chi connectivity index (χ2n) is 5.67. The molecule has 116 valence electrons. The van der Waals surface area contributed by atoms with Crippen LogP contribution >= 0.6 is 0 Å². The van der Waals surface area contributed by atoms with Crippen molar-refractivity contribution in [3.8, 4) is 5.75 Å². The van der Waals surface area contributed by atoms with E-state index >= 15 is 0 Å². The molecule has 0 spiro atoms. The Morgan fingerprint density at radius 1 is 1.33 bits per heavy atom. The van der Waals surface area contributed by atoms with Crippen molar-refractivity contribution >= 4 is 5.97 Å². The van der Waals surface area contributed by atoms with Crippen LogP contribution in [0.3, 0.4) is 0 Å². The van der Waals surface area contributed by atoms with E-state index in [0.29, 0.717) is 18.4 Å². The highest BCUT2D eigenvalue weighted by molar-refractivity contribution is 5.83. The highest BCUT2D eigenvalue weighted by Crippen LogP contribution is 2.33. The zero-order valence-corrected chi connectivity index (χ0v) is 13.1. The summed E-state index contributed by atoms with van der Waals surface area (Å²) in [7, 11) is 1.62. The maximum absolute atomic E-state index is 12.6. The number of hydrogen-bond acceptors (Lipinski definition) is 4. The third kappa shape index (κ3) is 3.38. The van der Waals surface area contributed by atoms with Crippen molar-refractivity contribution < 1.29 is 14.3 Å². The lowest BCUT2D eigenvalue weighted by molar-refractivity contribution is -0.151. The molecular formula is C17H25NO3. The van der Waals surface area contributed by atoms with Crippen LogP contribution in [-0.4, -0.2) is 25.7 Å². The Labute approximate surface area is 126 Å². The first-order valence-corrected chi connectivity index (χ1v) is 7.70. The smallest absolute Gasteiger partial charge is 0.330 e. The quantitative estimate of drug-likeness (QED) is 0.819. The molecule has 21 heavy (non-hydrogen) atoms. The molecule has 1 fully saturated rings. The Kier molecular flexibility index (Phi) is 5.23. The first-order chi connectivity index (χ1) is 10.1. The average molecular weight is 291 g/mol. The predicted octanol–water partition coefficient (Wildman–Crippen LogP) is 3.01. The van der Waals surface area contributed by atoms with Crippen LogP contribution in [0.4, 0.5) is 0 Å². The molecule has 1 unspecified atom stereocenters. The van der Waals surface area contributed by atoms with Gasteiger partial charge < -0.3 is 9.47 Å². The Morgan fingerprint density at radius 3 is 2.62 bits per heavy atom. The van der Waals surface area contributed by atoms with Crippen LogP contribution in [0.2, 0.25) is 0 Å². The molecule has 0 amide bonds. The molecular weight excluding hydrogens is 266 g/mol. The third-order valence-corrected chi connectivity index (χ3v) is 4.18. The number of esters is 1. The van der Waals surface area contributed by atoms with Crippen molar-refractivity contribution in [3.05, 3.63) is 29.8 Å². The van der Waals surface area contributed by atoms with Crippen molar-refractivity contribution in [1.82, 2.24) is 5.32 Å². The van der Waals surface area contributed by atoms with E-state index in [2.05, 4.69) is 5.32 Å². The lowest BCUT2D eigenvalue weighted by atomic mass is 9.89. The fourth-order valence-electron chi connectivity index (χ4n) is 3.06. The van der Waals surface area contributed by atoms with Gasteiger partial charge >= 0.3 is 5.97 Å². The van der Waals surface area contributed by atoms with Crippen molar-refractivity contribution in [2.75, 3.05) is 13.7 Å². The van der Waals surface area contributed by atoms with Crippen molar-refractivity contribution in [2.24, 2.45) is 0 Å². The van der Waals surface area contributed by atoms with Crippen LogP contribution in [0.15, 0.2) is 24.3 Å². The lowest BCUT2D eigenvalue weighted by Gasteiger charge is -2.33. The normalized spacial score (nSPS) is 18.2. The summed E-state index contributed by atoms with van der Waals surface area (Å²) in [5.41, 5.74) is -0.0460. The van der Waals surface area contributed by atoms with Crippen LogP contribution < -0.4 is 10.1 Å². The van der Waals surface area contributed by atoms with Gasteiger partial charge in [-0.15, -0.1) is 0 Å². The van der Waals surface area contributed by atoms with Gasteiger partial charge in [-0.3, -0.25) is 5.32 Å². The largest absolute Gasteiger partial charge is 0.496 e. The van der Waals surface area contributed by atoms with E-state index in [4.69, 9.17) is 9.47 Å². The Morgan fingerprint density at radius 2 is 2.00 bits per heavy atom. The summed E-state index contributed by atoms with van der Waals surface area (Å²) in [6, 6.07) is 7.99. The van der Waals surface area contributed by atoms with E-state index in [1.807, 2.05) is 38.1 Å². The van der Waals surface area contributed by atoms with E-state index in [1.165, 1.54) is 12.8 Å². The van der Waals surface area contributed by atoms with Gasteiger partial charge in [-0.2, -0.15) is 0 Å². The van der Waals surface area contributed by atoms with E-state index in [9.17, 15) is 4.79 Å². The number of carbonyl (C=O) groups excluding carboxylic acids is 1. The van der Waals surface area contributed by atoms with E-state index in [1.54, 1.807) is 7.11 Å². The van der Waals surface area contributed by atoms with Crippen LogP contribution in [-0.2, 0) is 15.1 Å². The highest BCUT2D eigenvalue weighted by Gasteiger charge is 2.41. The molecule has 0 saturated heterocycles. The minimum Gasteiger partial charge on any atom is -0.496 e. The molecule has 1 aromatic rings. The minimum absolute atomic E-state index is 0.249. The molecule has 0 bridgehead atoms. The molecule has 1 saturated carbocycles. The zero-order chi connectivity index (χ0) is 15.3. The molecule has 0 radical (unpaired) electrons. The third-order valence-electron chi connectivity index (χ3n) is 4.18. The van der Waals surface area contributed by atoms with Crippen molar-refractivity contribution in [2.45, 2.75) is 51.1 Å². The number of hydrogen-bond donors (Lipinski definition) is 1. The monoisotopic (exact) mass is 291 g/mol. The van der Waals surface area contributed by atoms with Crippen LogP contribution in [0.1, 0.15) is 45.1 Å². The van der Waals surface area contributed by atoms with Crippen molar-refractivity contribution in [3.63, 3.8) is 0 Å². The summed E-state index contributed by atoms with van der Waals surface area (Å²) in [6.45, 7) is 4.09. The van der Waals surface area contributed by atoms with Gasteiger partial charge in [-0.05, 0) is 32.8 Å². The SMILES string of the molecule is CCOC(=O)C(C)(NC1CCCC1)c1ccccc1OC.